The predicted octanol–water partition coefficient (Wildman–Crippen LogP) is 4.17. The molecule has 1 heterocycles. The van der Waals surface area contributed by atoms with Crippen molar-refractivity contribution in [2.45, 2.75) is 51.0 Å². The van der Waals surface area contributed by atoms with Crippen LogP contribution >= 0.6 is 11.6 Å². The second kappa shape index (κ2) is 6.70. The molecule has 2 rings (SSSR count). The highest BCUT2D eigenvalue weighted by Gasteiger charge is 2.19. The smallest absolute Gasteiger partial charge is 0.312 e. The van der Waals surface area contributed by atoms with Crippen LogP contribution in [-0.4, -0.2) is 15.9 Å². The minimum Gasteiger partial charge on any atom is -0.362 e. The van der Waals surface area contributed by atoms with Crippen LogP contribution in [0, 0.1) is 10.1 Å². The molecule has 1 aromatic rings. The molecule has 0 spiro atoms. The molecule has 6 heteroatoms. The van der Waals surface area contributed by atoms with E-state index in [0.29, 0.717) is 5.82 Å². The molecule has 0 aliphatic heterocycles. The molecule has 0 aromatic carbocycles. The lowest BCUT2D eigenvalue weighted by Crippen LogP contribution is -2.21. The number of pyridine rings is 1. The van der Waals surface area contributed by atoms with Crippen molar-refractivity contribution in [3.63, 3.8) is 0 Å². The Morgan fingerprint density at radius 1 is 1.26 bits per heavy atom. The molecule has 0 saturated heterocycles. The molecule has 0 bridgehead atoms. The summed E-state index contributed by atoms with van der Waals surface area (Å²) in [7, 11) is 0. The van der Waals surface area contributed by atoms with Gasteiger partial charge in [0.2, 0.25) is 5.82 Å². The van der Waals surface area contributed by atoms with Gasteiger partial charge in [-0.05, 0) is 12.8 Å². The van der Waals surface area contributed by atoms with Gasteiger partial charge in [0, 0.05) is 18.3 Å². The van der Waals surface area contributed by atoms with E-state index < -0.39 is 4.92 Å². The van der Waals surface area contributed by atoms with Gasteiger partial charge in [-0.15, -0.1) is 0 Å². The van der Waals surface area contributed by atoms with E-state index in [2.05, 4.69) is 10.3 Å². The lowest BCUT2D eigenvalue weighted by molar-refractivity contribution is -0.384. The van der Waals surface area contributed by atoms with Gasteiger partial charge in [0.05, 0.1) is 9.95 Å². The fourth-order valence-corrected chi connectivity index (χ4v) is 2.62. The standard InChI is InChI=1S/C13H18ClN3O2/c14-10-8-12(17(18)19)13(15-9-10)16-11-6-4-2-1-3-5-7-11/h8-9,11H,1-7H2,(H,15,16). The maximum atomic E-state index is 11.0. The van der Waals surface area contributed by atoms with E-state index in [1.165, 1.54) is 44.4 Å². The SMILES string of the molecule is O=[N+]([O-])c1cc(Cl)cnc1NC1CCCCCCC1. The zero-order chi connectivity index (χ0) is 13.7. The Labute approximate surface area is 117 Å². The average molecular weight is 284 g/mol. The third-order valence-electron chi connectivity index (χ3n) is 3.48. The molecular weight excluding hydrogens is 266 g/mol. The van der Waals surface area contributed by atoms with Gasteiger partial charge in [-0.1, -0.05) is 43.7 Å². The first kappa shape index (κ1) is 14.1. The van der Waals surface area contributed by atoms with E-state index in [9.17, 15) is 10.1 Å². The number of nitro groups is 1. The highest BCUT2D eigenvalue weighted by atomic mass is 35.5. The summed E-state index contributed by atoms with van der Waals surface area (Å²) >= 11 is 5.76. The molecule has 0 radical (unpaired) electrons. The number of rotatable bonds is 3. The van der Waals surface area contributed by atoms with Gasteiger partial charge in [0.25, 0.3) is 0 Å². The first-order valence-electron chi connectivity index (χ1n) is 6.73. The summed E-state index contributed by atoms with van der Waals surface area (Å²) in [4.78, 5) is 14.6. The van der Waals surface area contributed by atoms with Crippen molar-refractivity contribution in [1.29, 1.82) is 0 Å². The van der Waals surface area contributed by atoms with Gasteiger partial charge in [0.15, 0.2) is 0 Å². The number of hydrogen-bond acceptors (Lipinski definition) is 4. The van der Waals surface area contributed by atoms with Crippen LogP contribution in [0.3, 0.4) is 0 Å². The average Bonchev–Trinajstić information content (AvgIpc) is 2.34. The molecule has 1 aliphatic rings. The summed E-state index contributed by atoms with van der Waals surface area (Å²) in [6, 6.07) is 1.62. The first-order chi connectivity index (χ1) is 9.16. The maximum absolute atomic E-state index is 11.0. The molecule has 1 aliphatic carbocycles. The molecule has 1 N–H and O–H groups in total. The number of hydrogen-bond donors (Lipinski definition) is 1. The largest absolute Gasteiger partial charge is 0.362 e. The Hall–Kier alpha value is -1.36. The number of halogens is 1. The van der Waals surface area contributed by atoms with Crippen LogP contribution in [0.5, 0.6) is 0 Å². The zero-order valence-corrected chi connectivity index (χ0v) is 11.5. The summed E-state index contributed by atoms with van der Waals surface area (Å²) in [5.74, 6) is 0.333. The van der Waals surface area contributed by atoms with E-state index in [4.69, 9.17) is 11.6 Å². The Balaban J connectivity index is 2.10. The minimum atomic E-state index is -0.440. The third-order valence-corrected chi connectivity index (χ3v) is 3.68. The van der Waals surface area contributed by atoms with Crippen molar-refractivity contribution >= 4 is 23.1 Å². The molecule has 19 heavy (non-hydrogen) atoms. The Kier molecular flexibility index (Phi) is 4.96. The molecule has 0 atom stereocenters. The van der Waals surface area contributed by atoms with Crippen LogP contribution in [0.2, 0.25) is 5.02 Å². The zero-order valence-electron chi connectivity index (χ0n) is 10.8. The first-order valence-corrected chi connectivity index (χ1v) is 7.11. The predicted molar refractivity (Wildman–Crippen MR) is 75.6 cm³/mol. The van der Waals surface area contributed by atoms with E-state index in [-0.39, 0.29) is 16.8 Å². The van der Waals surface area contributed by atoms with E-state index in [0.717, 1.165) is 12.8 Å². The number of nitrogens with zero attached hydrogens (tertiary/aromatic N) is 2. The van der Waals surface area contributed by atoms with Crippen molar-refractivity contribution in [1.82, 2.24) is 4.98 Å². The molecule has 5 nitrogen and oxygen atoms in total. The van der Waals surface area contributed by atoms with Crippen molar-refractivity contribution < 1.29 is 4.92 Å². The summed E-state index contributed by atoms with van der Waals surface area (Å²) in [5, 5.41) is 14.5. The summed E-state index contributed by atoms with van der Waals surface area (Å²) in [6.45, 7) is 0. The van der Waals surface area contributed by atoms with Gasteiger partial charge in [0.1, 0.15) is 0 Å². The molecule has 0 amide bonds. The van der Waals surface area contributed by atoms with Gasteiger partial charge in [-0.3, -0.25) is 10.1 Å². The van der Waals surface area contributed by atoms with Crippen LogP contribution in [0.25, 0.3) is 0 Å². The van der Waals surface area contributed by atoms with Crippen molar-refractivity contribution in [3.05, 3.63) is 27.4 Å². The Morgan fingerprint density at radius 2 is 1.89 bits per heavy atom. The quantitative estimate of drug-likeness (QED) is 0.668. The van der Waals surface area contributed by atoms with E-state index in [1.54, 1.807) is 0 Å². The van der Waals surface area contributed by atoms with Crippen LogP contribution < -0.4 is 5.32 Å². The minimum absolute atomic E-state index is 0.0467. The van der Waals surface area contributed by atoms with Gasteiger partial charge >= 0.3 is 5.69 Å². The Bertz CT molecular complexity index is 446. The third kappa shape index (κ3) is 4.06. The van der Waals surface area contributed by atoms with Crippen molar-refractivity contribution in [2.24, 2.45) is 0 Å². The lowest BCUT2D eigenvalue weighted by Gasteiger charge is -2.21. The van der Waals surface area contributed by atoms with Crippen LogP contribution in [0.4, 0.5) is 11.5 Å². The topological polar surface area (TPSA) is 68.1 Å². The van der Waals surface area contributed by atoms with Gasteiger partial charge in [-0.2, -0.15) is 0 Å². The molecule has 0 unspecified atom stereocenters. The summed E-state index contributed by atoms with van der Waals surface area (Å²) < 4.78 is 0. The molecule has 1 aromatic heterocycles. The van der Waals surface area contributed by atoms with E-state index >= 15 is 0 Å². The number of aromatic nitrogens is 1. The molecule has 1 fully saturated rings. The van der Waals surface area contributed by atoms with E-state index in [1.807, 2.05) is 0 Å². The highest BCUT2D eigenvalue weighted by molar-refractivity contribution is 6.30. The fourth-order valence-electron chi connectivity index (χ4n) is 2.47. The molecule has 1 saturated carbocycles. The van der Waals surface area contributed by atoms with Gasteiger partial charge in [-0.25, -0.2) is 4.98 Å². The van der Waals surface area contributed by atoms with Crippen molar-refractivity contribution in [2.75, 3.05) is 5.32 Å². The normalized spacial score (nSPS) is 17.5. The monoisotopic (exact) mass is 283 g/mol. The van der Waals surface area contributed by atoms with Crippen LogP contribution in [0.1, 0.15) is 44.9 Å². The number of anilines is 1. The fraction of sp³-hybridized carbons (Fsp3) is 0.615. The highest BCUT2D eigenvalue weighted by Crippen LogP contribution is 2.28. The summed E-state index contributed by atoms with van der Waals surface area (Å²) in [5.41, 5.74) is -0.0467. The van der Waals surface area contributed by atoms with Gasteiger partial charge < -0.3 is 5.32 Å². The maximum Gasteiger partial charge on any atom is 0.312 e. The van der Waals surface area contributed by atoms with Crippen molar-refractivity contribution in [3.8, 4) is 0 Å². The Morgan fingerprint density at radius 3 is 2.53 bits per heavy atom. The molecular formula is C13H18ClN3O2. The molecule has 104 valence electrons. The second-order valence-electron chi connectivity index (χ2n) is 4.96. The van der Waals surface area contributed by atoms with Crippen LogP contribution in [-0.2, 0) is 0 Å². The summed E-state index contributed by atoms with van der Waals surface area (Å²) in [6.07, 6.45) is 9.65. The van der Waals surface area contributed by atoms with Crippen LogP contribution in [0.15, 0.2) is 12.3 Å². The lowest BCUT2D eigenvalue weighted by atomic mass is 9.97. The second-order valence-corrected chi connectivity index (χ2v) is 5.40. The number of nitrogens with one attached hydrogen (secondary N) is 1.